The number of nitrogens with two attached hydrogens (primary N) is 1. The Bertz CT molecular complexity index is 213. The van der Waals surface area contributed by atoms with Crippen LogP contribution in [0.2, 0.25) is 0 Å². The Morgan fingerprint density at radius 1 is 1.29 bits per heavy atom. The van der Waals surface area contributed by atoms with E-state index in [1.165, 1.54) is 38.9 Å². The Morgan fingerprint density at radius 2 is 2.00 bits per heavy atom. The first-order valence-corrected chi connectivity index (χ1v) is 8.23. The maximum atomic E-state index is 6.23. The summed E-state index contributed by atoms with van der Waals surface area (Å²) in [6, 6.07) is 0.321. The molecule has 1 aliphatic rings. The predicted octanol–water partition coefficient (Wildman–Crippen LogP) is 2.97. The van der Waals surface area contributed by atoms with Crippen molar-refractivity contribution in [2.75, 3.05) is 25.9 Å². The van der Waals surface area contributed by atoms with Crippen LogP contribution in [0.4, 0.5) is 0 Å². The Kier molecular flexibility index (Phi) is 6.32. The number of thioether (sulfide) groups is 1. The fourth-order valence-electron chi connectivity index (χ4n) is 2.34. The molecule has 2 unspecified atom stereocenters. The van der Waals surface area contributed by atoms with Gasteiger partial charge < -0.3 is 10.6 Å². The largest absolute Gasteiger partial charge is 0.327 e. The summed E-state index contributed by atoms with van der Waals surface area (Å²) in [7, 11) is 0. The molecule has 17 heavy (non-hydrogen) atoms. The topological polar surface area (TPSA) is 29.3 Å². The molecule has 0 aliphatic carbocycles. The van der Waals surface area contributed by atoms with Crippen LogP contribution in [0.25, 0.3) is 0 Å². The van der Waals surface area contributed by atoms with Gasteiger partial charge in [-0.15, -0.1) is 0 Å². The van der Waals surface area contributed by atoms with Crippen LogP contribution >= 0.6 is 11.8 Å². The quantitative estimate of drug-likeness (QED) is 0.840. The van der Waals surface area contributed by atoms with Crippen molar-refractivity contribution in [2.45, 2.75) is 57.7 Å². The molecule has 0 bridgehead atoms. The normalized spacial score (nSPS) is 25.6. The molecule has 3 heteroatoms. The molecule has 0 aromatic rings. The van der Waals surface area contributed by atoms with Gasteiger partial charge in [-0.05, 0) is 57.0 Å². The zero-order valence-electron chi connectivity index (χ0n) is 12.0. The smallest absolute Gasteiger partial charge is 0.00998 e. The first-order valence-electron chi connectivity index (χ1n) is 6.94. The van der Waals surface area contributed by atoms with Gasteiger partial charge in [0.25, 0.3) is 0 Å². The average molecular weight is 258 g/mol. The van der Waals surface area contributed by atoms with Gasteiger partial charge >= 0.3 is 0 Å². The second-order valence-electron chi connectivity index (χ2n) is 6.39. The fourth-order valence-corrected chi connectivity index (χ4v) is 3.08. The third-order valence-corrected chi connectivity index (χ3v) is 5.11. The van der Waals surface area contributed by atoms with Crippen molar-refractivity contribution in [3.8, 4) is 0 Å². The van der Waals surface area contributed by atoms with Crippen LogP contribution in [0.3, 0.4) is 0 Å². The minimum absolute atomic E-state index is 0.244. The third kappa shape index (κ3) is 5.62. The minimum Gasteiger partial charge on any atom is -0.327 e. The van der Waals surface area contributed by atoms with E-state index in [4.69, 9.17) is 5.73 Å². The SMILES string of the molecule is CSC1CCCN(CCC(N)C(C)(C)C)CC1. The zero-order chi connectivity index (χ0) is 12.9. The summed E-state index contributed by atoms with van der Waals surface area (Å²) in [5, 5.41) is 0.885. The molecule has 102 valence electrons. The Balaban J connectivity index is 2.28. The van der Waals surface area contributed by atoms with Crippen LogP contribution in [-0.2, 0) is 0 Å². The summed E-state index contributed by atoms with van der Waals surface area (Å²) in [6.07, 6.45) is 7.48. The van der Waals surface area contributed by atoms with E-state index in [-0.39, 0.29) is 5.41 Å². The summed E-state index contributed by atoms with van der Waals surface area (Å²) in [4.78, 5) is 2.61. The lowest BCUT2D eigenvalue weighted by atomic mass is 9.85. The number of nitrogens with zero attached hydrogens (tertiary/aromatic N) is 1. The molecule has 0 saturated carbocycles. The average Bonchev–Trinajstić information content (AvgIpc) is 2.49. The van der Waals surface area contributed by atoms with Crippen LogP contribution < -0.4 is 5.73 Å². The van der Waals surface area contributed by atoms with Gasteiger partial charge in [0, 0.05) is 11.3 Å². The molecule has 0 radical (unpaired) electrons. The molecule has 0 aromatic heterocycles. The van der Waals surface area contributed by atoms with Gasteiger partial charge in [-0.25, -0.2) is 0 Å². The molecule has 2 atom stereocenters. The van der Waals surface area contributed by atoms with Crippen molar-refractivity contribution in [2.24, 2.45) is 11.1 Å². The van der Waals surface area contributed by atoms with Crippen LogP contribution in [0, 0.1) is 5.41 Å². The molecular weight excluding hydrogens is 228 g/mol. The second-order valence-corrected chi connectivity index (χ2v) is 7.53. The highest BCUT2D eigenvalue weighted by molar-refractivity contribution is 7.99. The lowest BCUT2D eigenvalue weighted by molar-refractivity contribution is 0.233. The molecular formula is C14H30N2S. The maximum absolute atomic E-state index is 6.23. The Hall–Kier alpha value is 0.270. The van der Waals surface area contributed by atoms with E-state index in [2.05, 4.69) is 31.9 Å². The van der Waals surface area contributed by atoms with Crippen molar-refractivity contribution >= 4 is 11.8 Å². The van der Waals surface area contributed by atoms with E-state index >= 15 is 0 Å². The van der Waals surface area contributed by atoms with Crippen LogP contribution in [0.1, 0.15) is 46.5 Å². The highest BCUT2D eigenvalue weighted by Crippen LogP contribution is 2.23. The van der Waals surface area contributed by atoms with Gasteiger partial charge in [-0.2, -0.15) is 11.8 Å². The van der Waals surface area contributed by atoms with E-state index < -0.39 is 0 Å². The minimum atomic E-state index is 0.244. The second kappa shape index (κ2) is 7.01. The van der Waals surface area contributed by atoms with Crippen LogP contribution in [0.15, 0.2) is 0 Å². The molecule has 0 amide bonds. The van der Waals surface area contributed by atoms with Crippen molar-refractivity contribution in [1.29, 1.82) is 0 Å². The standard InChI is InChI=1S/C14H30N2S/c1-14(2,3)13(15)8-11-16-9-5-6-12(17-4)7-10-16/h12-13H,5-11,15H2,1-4H3. The number of likely N-dealkylation sites (tertiary alicyclic amines) is 1. The first kappa shape index (κ1) is 15.3. The van der Waals surface area contributed by atoms with Crippen LogP contribution in [-0.4, -0.2) is 42.1 Å². The zero-order valence-corrected chi connectivity index (χ0v) is 12.9. The van der Waals surface area contributed by atoms with E-state index in [9.17, 15) is 0 Å². The van der Waals surface area contributed by atoms with Crippen molar-refractivity contribution in [3.63, 3.8) is 0 Å². The van der Waals surface area contributed by atoms with Crippen molar-refractivity contribution < 1.29 is 0 Å². The van der Waals surface area contributed by atoms with E-state index in [0.29, 0.717) is 6.04 Å². The monoisotopic (exact) mass is 258 g/mol. The van der Waals surface area contributed by atoms with Gasteiger partial charge in [0.1, 0.15) is 0 Å². The lowest BCUT2D eigenvalue weighted by Crippen LogP contribution is -2.39. The molecule has 2 N–H and O–H groups in total. The van der Waals surface area contributed by atoms with E-state index in [1.54, 1.807) is 0 Å². The number of hydrogen-bond acceptors (Lipinski definition) is 3. The predicted molar refractivity (Wildman–Crippen MR) is 79.6 cm³/mol. The summed E-state index contributed by atoms with van der Waals surface area (Å²) in [5.74, 6) is 0. The van der Waals surface area contributed by atoms with E-state index in [1.807, 2.05) is 11.8 Å². The van der Waals surface area contributed by atoms with Gasteiger partial charge in [0.05, 0.1) is 0 Å². The summed E-state index contributed by atoms with van der Waals surface area (Å²) in [6.45, 7) is 10.4. The Labute approximate surface area is 112 Å². The van der Waals surface area contributed by atoms with Crippen LogP contribution in [0.5, 0.6) is 0 Å². The van der Waals surface area contributed by atoms with E-state index in [0.717, 1.165) is 11.7 Å². The molecule has 1 rings (SSSR count). The van der Waals surface area contributed by atoms with Crippen molar-refractivity contribution in [3.05, 3.63) is 0 Å². The summed E-state index contributed by atoms with van der Waals surface area (Å²) in [5.41, 5.74) is 6.47. The highest BCUT2D eigenvalue weighted by atomic mass is 32.2. The molecule has 1 fully saturated rings. The van der Waals surface area contributed by atoms with Gasteiger partial charge in [-0.3, -0.25) is 0 Å². The highest BCUT2D eigenvalue weighted by Gasteiger charge is 2.22. The molecule has 1 saturated heterocycles. The lowest BCUT2D eigenvalue weighted by Gasteiger charge is -2.29. The van der Waals surface area contributed by atoms with Gasteiger partial charge in [0.15, 0.2) is 0 Å². The summed E-state index contributed by atoms with van der Waals surface area (Å²) >= 11 is 2.04. The molecule has 2 nitrogen and oxygen atoms in total. The molecule has 1 aliphatic heterocycles. The first-order chi connectivity index (χ1) is 7.93. The number of rotatable bonds is 4. The van der Waals surface area contributed by atoms with Crippen molar-refractivity contribution in [1.82, 2.24) is 4.90 Å². The van der Waals surface area contributed by atoms with Gasteiger partial charge in [-0.1, -0.05) is 20.8 Å². The Morgan fingerprint density at radius 3 is 2.59 bits per heavy atom. The molecule has 0 aromatic carbocycles. The number of hydrogen-bond donors (Lipinski definition) is 1. The fraction of sp³-hybridized carbons (Fsp3) is 1.00. The van der Waals surface area contributed by atoms with Gasteiger partial charge in [0.2, 0.25) is 0 Å². The maximum Gasteiger partial charge on any atom is 0.00998 e. The third-order valence-electron chi connectivity index (χ3n) is 3.97. The molecule has 0 spiro atoms. The summed E-state index contributed by atoms with van der Waals surface area (Å²) < 4.78 is 0. The molecule has 1 heterocycles.